The number of para-hydroxylation sites is 2. The van der Waals surface area contributed by atoms with Crippen LogP contribution in [0.5, 0.6) is 0 Å². The van der Waals surface area contributed by atoms with Crippen LogP contribution >= 0.6 is 0 Å². The Morgan fingerprint density at radius 3 is 2.32 bits per heavy atom. The Morgan fingerprint density at radius 2 is 1.58 bits per heavy atom. The van der Waals surface area contributed by atoms with Crippen molar-refractivity contribution in [3.63, 3.8) is 0 Å². The average molecular weight is 412 g/mol. The molecule has 0 fully saturated rings. The molecule has 2 aromatic carbocycles. The highest BCUT2D eigenvalue weighted by Crippen LogP contribution is 2.24. The van der Waals surface area contributed by atoms with E-state index in [1.807, 2.05) is 86.0 Å². The van der Waals surface area contributed by atoms with Crippen LogP contribution in [0.2, 0.25) is 0 Å². The molecule has 31 heavy (non-hydrogen) atoms. The van der Waals surface area contributed by atoms with Crippen molar-refractivity contribution in [2.75, 3.05) is 0 Å². The Morgan fingerprint density at radius 1 is 0.903 bits per heavy atom. The van der Waals surface area contributed by atoms with Crippen molar-refractivity contribution in [1.82, 2.24) is 9.55 Å². The van der Waals surface area contributed by atoms with E-state index >= 15 is 0 Å². The topological polar surface area (TPSA) is 61.2 Å². The number of ether oxygens (including phenoxy) is 1. The highest BCUT2D eigenvalue weighted by Gasteiger charge is 2.25. The monoisotopic (exact) mass is 412 g/mol. The van der Waals surface area contributed by atoms with E-state index in [0.29, 0.717) is 16.5 Å². The Labute approximate surface area is 181 Å². The number of nitrogens with zero attached hydrogens (tertiary/aromatic N) is 2. The molecule has 0 aliphatic rings. The molecule has 156 valence electrons. The van der Waals surface area contributed by atoms with Gasteiger partial charge in [-0.2, -0.15) is 0 Å². The molecule has 2 heterocycles. The highest BCUT2D eigenvalue weighted by molar-refractivity contribution is 6.06. The van der Waals surface area contributed by atoms with Gasteiger partial charge in [0.1, 0.15) is 0 Å². The maximum absolute atomic E-state index is 13.2. The van der Waals surface area contributed by atoms with E-state index in [1.54, 1.807) is 13.0 Å². The van der Waals surface area contributed by atoms with E-state index in [1.165, 1.54) is 0 Å². The van der Waals surface area contributed by atoms with E-state index in [9.17, 15) is 9.59 Å². The molecule has 0 amide bonds. The van der Waals surface area contributed by atoms with Crippen molar-refractivity contribution in [2.24, 2.45) is 0 Å². The quantitative estimate of drug-likeness (QED) is 0.326. The number of carbonyl (C=O) groups excluding carboxylic acids is 2. The Hall–Kier alpha value is -3.73. The van der Waals surface area contributed by atoms with Crippen molar-refractivity contribution in [3.8, 4) is 5.69 Å². The molecule has 4 rings (SSSR count). The van der Waals surface area contributed by atoms with E-state index in [0.717, 1.165) is 28.3 Å². The summed E-state index contributed by atoms with van der Waals surface area (Å²) in [5, 5.41) is 0.708. The molecule has 0 aliphatic heterocycles. The summed E-state index contributed by atoms with van der Waals surface area (Å²) >= 11 is 0. The van der Waals surface area contributed by atoms with E-state index in [-0.39, 0.29) is 5.78 Å². The lowest BCUT2D eigenvalue weighted by Gasteiger charge is -2.14. The van der Waals surface area contributed by atoms with Crippen LogP contribution in [-0.4, -0.2) is 27.4 Å². The van der Waals surface area contributed by atoms with Gasteiger partial charge in [-0.3, -0.25) is 9.78 Å². The van der Waals surface area contributed by atoms with Gasteiger partial charge >= 0.3 is 5.97 Å². The van der Waals surface area contributed by atoms with Gasteiger partial charge in [-0.15, -0.1) is 0 Å². The van der Waals surface area contributed by atoms with Gasteiger partial charge in [0.15, 0.2) is 6.10 Å². The van der Waals surface area contributed by atoms with Crippen molar-refractivity contribution in [1.29, 1.82) is 0 Å². The Balaban J connectivity index is 1.61. The predicted molar refractivity (Wildman–Crippen MR) is 121 cm³/mol. The summed E-state index contributed by atoms with van der Waals surface area (Å²) in [6.07, 6.45) is -0.913. The lowest BCUT2D eigenvalue weighted by atomic mass is 10.1. The van der Waals surface area contributed by atoms with Gasteiger partial charge in [-0.25, -0.2) is 4.79 Å². The Bertz CT molecular complexity index is 1290. The fraction of sp³-hybridized carbons (Fsp3) is 0.192. The SMILES string of the molecule is Cc1cc(C(=O)O[C@H](C)C(=O)c2cc(C)n(-c3ccccc3)c2C)c2ccccc2n1. The summed E-state index contributed by atoms with van der Waals surface area (Å²) < 4.78 is 7.63. The number of fused-ring (bicyclic) bond motifs is 1. The number of aromatic nitrogens is 2. The first-order valence-electron chi connectivity index (χ1n) is 10.2. The molecular weight excluding hydrogens is 388 g/mol. The molecule has 0 saturated carbocycles. The number of aryl methyl sites for hydroxylation is 2. The van der Waals surface area contributed by atoms with Crippen molar-refractivity contribution >= 4 is 22.7 Å². The maximum Gasteiger partial charge on any atom is 0.339 e. The number of Topliss-reactive ketones (excluding diaryl/α,β-unsaturated/α-hetero) is 1. The first-order valence-corrected chi connectivity index (χ1v) is 10.2. The van der Waals surface area contributed by atoms with Crippen LogP contribution in [0.3, 0.4) is 0 Å². The number of hydrogen-bond donors (Lipinski definition) is 0. The minimum Gasteiger partial charge on any atom is -0.451 e. The third-order valence-electron chi connectivity index (χ3n) is 5.43. The minimum absolute atomic E-state index is 0.223. The zero-order valence-corrected chi connectivity index (χ0v) is 18.0. The summed E-state index contributed by atoms with van der Waals surface area (Å²) in [6, 6.07) is 20.8. The number of hydrogen-bond acceptors (Lipinski definition) is 4. The zero-order chi connectivity index (χ0) is 22.1. The molecule has 5 nitrogen and oxygen atoms in total. The van der Waals surface area contributed by atoms with Gasteiger partial charge in [-0.1, -0.05) is 36.4 Å². The van der Waals surface area contributed by atoms with Gasteiger partial charge in [0.25, 0.3) is 0 Å². The zero-order valence-electron chi connectivity index (χ0n) is 18.0. The van der Waals surface area contributed by atoms with Crippen LogP contribution in [0, 0.1) is 20.8 Å². The molecule has 0 bridgehead atoms. The lowest BCUT2D eigenvalue weighted by molar-refractivity contribution is 0.0320. The molecule has 5 heteroatoms. The van der Waals surface area contributed by atoms with Crippen molar-refractivity contribution < 1.29 is 14.3 Å². The van der Waals surface area contributed by atoms with E-state index in [4.69, 9.17) is 4.74 Å². The van der Waals surface area contributed by atoms with Crippen molar-refractivity contribution in [3.05, 3.63) is 94.9 Å². The molecule has 0 spiro atoms. The molecule has 4 aromatic rings. The molecule has 0 saturated heterocycles. The molecule has 1 atom stereocenters. The fourth-order valence-electron chi connectivity index (χ4n) is 3.96. The molecule has 0 aliphatic carbocycles. The van der Waals surface area contributed by atoms with Gasteiger partial charge < -0.3 is 9.30 Å². The number of rotatable bonds is 5. The largest absolute Gasteiger partial charge is 0.451 e. The third-order valence-corrected chi connectivity index (χ3v) is 5.43. The average Bonchev–Trinajstić information content (AvgIpc) is 3.06. The highest BCUT2D eigenvalue weighted by atomic mass is 16.5. The normalized spacial score (nSPS) is 12.0. The van der Waals surface area contributed by atoms with Crippen LogP contribution < -0.4 is 0 Å². The van der Waals surface area contributed by atoms with Gasteiger partial charge in [-0.05, 0) is 58.0 Å². The van der Waals surface area contributed by atoms with Crippen LogP contribution in [0.25, 0.3) is 16.6 Å². The molecule has 0 unspecified atom stereocenters. The van der Waals surface area contributed by atoms with Crippen LogP contribution in [0.1, 0.15) is 44.7 Å². The number of esters is 1. The van der Waals surface area contributed by atoms with Crippen LogP contribution in [0.4, 0.5) is 0 Å². The van der Waals surface area contributed by atoms with E-state index in [2.05, 4.69) is 4.98 Å². The second-order valence-corrected chi connectivity index (χ2v) is 7.70. The van der Waals surface area contributed by atoms with Gasteiger partial charge in [0.2, 0.25) is 5.78 Å². The number of carbonyl (C=O) groups is 2. The number of benzene rings is 2. The molecule has 0 radical (unpaired) electrons. The van der Waals surface area contributed by atoms with Gasteiger partial charge in [0, 0.05) is 33.7 Å². The second kappa shape index (κ2) is 8.19. The van der Waals surface area contributed by atoms with Crippen molar-refractivity contribution in [2.45, 2.75) is 33.8 Å². The summed E-state index contributed by atoms with van der Waals surface area (Å²) in [5.74, 6) is -0.752. The van der Waals surface area contributed by atoms with Gasteiger partial charge in [0.05, 0.1) is 11.1 Å². The molecule has 2 aromatic heterocycles. The first kappa shape index (κ1) is 20.5. The lowest BCUT2D eigenvalue weighted by Crippen LogP contribution is -2.25. The third kappa shape index (κ3) is 3.87. The van der Waals surface area contributed by atoms with Crippen LogP contribution in [0.15, 0.2) is 66.7 Å². The summed E-state index contributed by atoms with van der Waals surface area (Å²) in [4.78, 5) is 30.5. The maximum atomic E-state index is 13.2. The summed E-state index contributed by atoms with van der Waals surface area (Å²) in [5.41, 5.74) is 5.16. The summed E-state index contributed by atoms with van der Waals surface area (Å²) in [6.45, 7) is 7.31. The smallest absolute Gasteiger partial charge is 0.339 e. The Kier molecular flexibility index (Phi) is 5.42. The minimum atomic E-state index is -0.913. The molecular formula is C26H24N2O3. The fourth-order valence-corrected chi connectivity index (χ4v) is 3.96. The summed E-state index contributed by atoms with van der Waals surface area (Å²) in [7, 11) is 0. The first-order chi connectivity index (χ1) is 14.9. The number of ketones is 1. The predicted octanol–water partition coefficient (Wildman–Crippen LogP) is 5.38. The van der Waals surface area contributed by atoms with E-state index < -0.39 is 12.1 Å². The number of pyridine rings is 1. The standard InChI is InChI=1S/C26H24N2O3/c1-16-14-23(21-12-8-9-13-24(21)27-16)26(30)31-19(4)25(29)22-15-17(2)28(18(22)3)20-10-6-5-7-11-20/h5-15,19H,1-4H3/t19-/m1/s1. The second-order valence-electron chi connectivity index (χ2n) is 7.70. The van der Waals surface area contributed by atoms with Crippen LogP contribution in [-0.2, 0) is 4.74 Å². The molecule has 0 N–H and O–H groups in total.